The standard InChI is InChI=1S/C16H14BrNO/c1-2-3-12-4-8-15(9-5-12)19-16-10-14(17)7-6-13(16)11-18/h4-10H,2-3H2,1H3. The third-order valence-corrected chi connectivity index (χ3v) is 3.25. The molecule has 0 N–H and O–H groups in total. The maximum absolute atomic E-state index is 9.06. The number of nitriles is 1. The van der Waals surface area contributed by atoms with E-state index in [9.17, 15) is 0 Å². The highest BCUT2D eigenvalue weighted by Gasteiger charge is 2.05. The highest BCUT2D eigenvalue weighted by Crippen LogP contribution is 2.28. The SMILES string of the molecule is CCCc1ccc(Oc2cc(Br)ccc2C#N)cc1. The van der Waals surface area contributed by atoms with E-state index in [-0.39, 0.29) is 0 Å². The highest BCUT2D eigenvalue weighted by atomic mass is 79.9. The number of hydrogen-bond donors (Lipinski definition) is 0. The Hall–Kier alpha value is -1.79. The Morgan fingerprint density at radius 3 is 2.53 bits per heavy atom. The van der Waals surface area contributed by atoms with Crippen LogP contribution in [0.4, 0.5) is 0 Å². The Bertz CT molecular complexity index is 599. The summed E-state index contributed by atoms with van der Waals surface area (Å²) in [6, 6.07) is 15.5. The van der Waals surface area contributed by atoms with Crippen LogP contribution in [0, 0.1) is 11.3 Å². The van der Waals surface area contributed by atoms with E-state index >= 15 is 0 Å². The summed E-state index contributed by atoms with van der Waals surface area (Å²) in [5.41, 5.74) is 1.82. The number of nitrogens with zero attached hydrogens (tertiary/aromatic N) is 1. The van der Waals surface area contributed by atoms with Gasteiger partial charge in [0.15, 0.2) is 0 Å². The minimum atomic E-state index is 0.529. The summed E-state index contributed by atoms with van der Waals surface area (Å²) in [5, 5.41) is 9.06. The zero-order valence-corrected chi connectivity index (χ0v) is 12.3. The van der Waals surface area contributed by atoms with Gasteiger partial charge in [-0.3, -0.25) is 0 Å². The van der Waals surface area contributed by atoms with Gasteiger partial charge in [0, 0.05) is 4.47 Å². The van der Waals surface area contributed by atoms with E-state index in [4.69, 9.17) is 10.00 Å². The quantitative estimate of drug-likeness (QED) is 0.789. The van der Waals surface area contributed by atoms with Crippen LogP contribution in [0.5, 0.6) is 11.5 Å². The summed E-state index contributed by atoms with van der Waals surface area (Å²) < 4.78 is 6.65. The summed E-state index contributed by atoms with van der Waals surface area (Å²) in [4.78, 5) is 0. The first kappa shape index (κ1) is 13.6. The molecular weight excluding hydrogens is 302 g/mol. The topological polar surface area (TPSA) is 33.0 Å². The van der Waals surface area contributed by atoms with Crippen LogP contribution >= 0.6 is 15.9 Å². The maximum Gasteiger partial charge on any atom is 0.146 e. The number of ether oxygens (including phenoxy) is 1. The largest absolute Gasteiger partial charge is 0.456 e. The Kier molecular flexibility index (Phi) is 4.59. The lowest BCUT2D eigenvalue weighted by Gasteiger charge is -2.08. The molecule has 0 aliphatic heterocycles. The predicted octanol–water partition coefficient (Wildman–Crippen LogP) is 5.07. The lowest BCUT2D eigenvalue weighted by Crippen LogP contribution is -1.89. The first-order chi connectivity index (χ1) is 9.22. The smallest absolute Gasteiger partial charge is 0.146 e. The molecular formula is C16H14BrNO. The second-order valence-corrected chi connectivity index (χ2v) is 5.16. The molecule has 0 aliphatic carbocycles. The van der Waals surface area contributed by atoms with E-state index in [0.29, 0.717) is 11.3 Å². The van der Waals surface area contributed by atoms with Crippen molar-refractivity contribution < 1.29 is 4.74 Å². The van der Waals surface area contributed by atoms with Crippen molar-refractivity contribution in [2.75, 3.05) is 0 Å². The zero-order valence-electron chi connectivity index (χ0n) is 10.7. The van der Waals surface area contributed by atoms with E-state index in [2.05, 4.69) is 41.1 Å². The van der Waals surface area contributed by atoms with Crippen molar-refractivity contribution in [1.82, 2.24) is 0 Å². The fourth-order valence-corrected chi connectivity index (χ4v) is 2.15. The zero-order chi connectivity index (χ0) is 13.7. The molecule has 0 atom stereocenters. The first-order valence-electron chi connectivity index (χ1n) is 6.19. The van der Waals surface area contributed by atoms with Gasteiger partial charge in [-0.15, -0.1) is 0 Å². The molecule has 0 saturated heterocycles. The fourth-order valence-electron chi connectivity index (χ4n) is 1.81. The number of aryl methyl sites for hydroxylation is 1. The van der Waals surface area contributed by atoms with E-state index in [1.165, 1.54) is 5.56 Å². The van der Waals surface area contributed by atoms with Gasteiger partial charge >= 0.3 is 0 Å². The van der Waals surface area contributed by atoms with Crippen molar-refractivity contribution in [3.8, 4) is 17.6 Å². The molecule has 3 heteroatoms. The molecule has 96 valence electrons. The van der Waals surface area contributed by atoms with Crippen molar-refractivity contribution >= 4 is 15.9 Å². The second-order valence-electron chi connectivity index (χ2n) is 4.25. The van der Waals surface area contributed by atoms with Crippen molar-refractivity contribution in [1.29, 1.82) is 5.26 Å². The monoisotopic (exact) mass is 315 g/mol. The molecule has 2 aromatic rings. The van der Waals surface area contributed by atoms with Crippen LogP contribution in [0.25, 0.3) is 0 Å². The predicted molar refractivity (Wildman–Crippen MR) is 79.4 cm³/mol. The molecule has 0 saturated carbocycles. The molecule has 0 aliphatic rings. The van der Waals surface area contributed by atoms with Crippen LogP contribution in [0.1, 0.15) is 24.5 Å². The van der Waals surface area contributed by atoms with Crippen LogP contribution in [-0.2, 0) is 6.42 Å². The summed E-state index contributed by atoms with van der Waals surface area (Å²) in [5.74, 6) is 1.31. The van der Waals surface area contributed by atoms with Gasteiger partial charge in [0.05, 0.1) is 5.56 Å². The van der Waals surface area contributed by atoms with E-state index in [0.717, 1.165) is 23.1 Å². The van der Waals surface area contributed by atoms with Gasteiger partial charge < -0.3 is 4.74 Å². The maximum atomic E-state index is 9.06. The van der Waals surface area contributed by atoms with E-state index in [1.807, 2.05) is 18.2 Å². The molecule has 2 rings (SSSR count). The summed E-state index contributed by atoms with van der Waals surface area (Å²) in [6.07, 6.45) is 2.20. The third-order valence-electron chi connectivity index (χ3n) is 2.75. The lowest BCUT2D eigenvalue weighted by molar-refractivity contribution is 0.480. The average molecular weight is 316 g/mol. The minimum Gasteiger partial charge on any atom is -0.456 e. The third kappa shape index (κ3) is 3.59. The Morgan fingerprint density at radius 2 is 1.89 bits per heavy atom. The van der Waals surface area contributed by atoms with Crippen molar-refractivity contribution in [3.05, 3.63) is 58.1 Å². The second kappa shape index (κ2) is 6.40. The average Bonchev–Trinajstić information content (AvgIpc) is 2.42. The molecule has 0 aromatic heterocycles. The molecule has 0 fully saturated rings. The van der Waals surface area contributed by atoms with Crippen molar-refractivity contribution in [2.24, 2.45) is 0 Å². The molecule has 2 aromatic carbocycles. The Labute approximate surface area is 121 Å². The minimum absolute atomic E-state index is 0.529. The Morgan fingerprint density at radius 1 is 1.16 bits per heavy atom. The van der Waals surface area contributed by atoms with Crippen molar-refractivity contribution in [3.63, 3.8) is 0 Å². The highest BCUT2D eigenvalue weighted by molar-refractivity contribution is 9.10. The van der Waals surface area contributed by atoms with Gasteiger partial charge in [0.1, 0.15) is 17.6 Å². The van der Waals surface area contributed by atoms with E-state index in [1.54, 1.807) is 12.1 Å². The van der Waals surface area contributed by atoms with Gasteiger partial charge in [-0.25, -0.2) is 0 Å². The van der Waals surface area contributed by atoms with Gasteiger partial charge in [-0.05, 0) is 42.3 Å². The first-order valence-corrected chi connectivity index (χ1v) is 6.98. The van der Waals surface area contributed by atoms with Gasteiger partial charge in [0.2, 0.25) is 0 Å². The van der Waals surface area contributed by atoms with Gasteiger partial charge in [-0.2, -0.15) is 5.26 Å². The van der Waals surface area contributed by atoms with Crippen LogP contribution in [0.15, 0.2) is 46.9 Å². The fraction of sp³-hybridized carbons (Fsp3) is 0.188. The molecule has 19 heavy (non-hydrogen) atoms. The lowest BCUT2D eigenvalue weighted by atomic mass is 10.1. The molecule has 0 spiro atoms. The summed E-state index contributed by atoms with van der Waals surface area (Å²) >= 11 is 3.38. The van der Waals surface area contributed by atoms with Crippen molar-refractivity contribution in [2.45, 2.75) is 19.8 Å². The molecule has 0 amide bonds. The van der Waals surface area contributed by atoms with Crippen LogP contribution in [0.2, 0.25) is 0 Å². The summed E-state index contributed by atoms with van der Waals surface area (Å²) in [7, 11) is 0. The van der Waals surface area contributed by atoms with Crippen LogP contribution in [-0.4, -0.2) is 0 Å². The van der Waals surface area contributed by atoms with Crippen LogP contribution < -0.4 is 4.74 Å². The molecule has 0 unspecified atom stereocenters. The van der Waals surface area contributed by atoms with Gasteiger partial charge in [-0.1, -0.05) is 41.4 Å². The summed E-state index contributed by atoms with van der Waals surface area (Å²) in [6.45, 7) is 2.16. The molecule has 0 heterocycles. The number of benzene rings is 2. The Balaban J connectivity index is 2.21. The van der Waals surface area contributed by atoms with Crippen LogP contribution in [0.3, 0.4) is 0 Å². The molecule has 0 bridgehead atoms. The molecule has 2 nitrogen and oxygen atoms in total. The van der Waals surface area contributed by atoms with Gasteiger partial charge in [0.25, 0.3) is 0 Å². The number of rotatable bonds is 4. The van der Waals surface area contributed by atoms with E-state index < -0.39 is 0 Å². The molecule has 0 radical (unpaired) electrons. The number of hydrogen-bond acceptors (Lipinski definition) is 2. The normalized spacial score (nSPS) is 9.95. The number of halogens is 1.